The number of amides is 1. The Morgan fingerprint density at radius 2 is 2.15 bits per heavy atom. The Hall–Kier alpha value is -1.37. The van der Waals surface area contributed by atoms with Gasteiger partial charge in [0.05, 0.1) is 11.4 Å². The number of hydrogen-bond donors (Lipinski definition) is 2. The van der Waals surface area contributed by atoms with Crippen LogP contribution in [0.5, 0.6) is 0 Å². The fraction of sp³-hybridized carbons (Fsp3) is 0.0714. The fourth-order valence-electron chi connectivity index (χ4n) is 1.87. The van der Waals surface area contributed by atoms with Crippen LogP contribution >= 0.6 is 38.6 Å². The summed E-state index contributed by atoms with van der Waals surface area (Å²) in [6.45, 7) is 0.535. The number of anilines is 1. The van der Waals surface area contributed by atoms with Gasteiger partial charge in [-0.3, -0.25) is 4.79 Å². The summed E-state index contributed by atoms with van der Waals surface area (Å²) in [7, 11) is 0. The number of thiophene rings is 2. The van der Waals surface area contributed by atoms with E-state index in [-0.39, 0.29) is 5.91 Å². The molecule has 0 aliphatic rings. The van der Waals surface area contributed by atoms with E-state index in [0.29, 0.717) is 17.1 Å². The van der Waals surface area contributed by atoms with Crippen molar-refractivity contribution in [2.75, 3.05) is 5.73 Å². The van der Waals surface area contributed by atoms with Gasteiger partial charge >= 0.3 is 0 Å². The molecular formula is C14H11BrN2OS2. The molecule has 0 saturated heterocycles. The van der Waals surface area contributed by atoms with Crippen molar-refractivity contribution in [3.63, 3.8) is 0 Å². The van der Waals surface area contributed by atoms with Crippen molar-refractivity contribution < 1.29 is 4.79 Å². The van der Waals surface area contributed by atoms with Crippen molar-refractivity contribution in [3.05, 3.63) is 49.9 Å². The van der Waals surface area contributed by atoms with Crippen LogP contribution in [0.25, 0.3) is 10.1 Å². The third-order valence-electron chi connectivity index (χ3n) is 2.86. The van der Waals surface area contributed by atoms with Crippen LogP contribution < -0.4 is 11.1 Å². The van der Waals surface area contributed by atoms with Gasteiger partial charge in [0.15, 0.2) is 0 Å². The highest BCUT2D eigenvalue weighted by Gasteiger charge is 2.11. The van der Waals surface area contributed by atoms with E-state index >= 15 is 0 Å². The average molecular weight is 367 g/mol. The van der Waals surface area contributed by atoms with Crippen LogP contribution in [-0.2, 0) is 6.54 Å². The number of hydrogen-bond acceptors (Lipinski definition) is 4. The van der Waals surface area contributed by atoms with Crippen LogP contribution in [0.4, 0.5) is 5.69 Å². The van der Waals surface area contributed by atoms with E-state index < -0.39 is 0 Å². The van der Waals surface area contributed by atoms with Crippen LogP contribution in [0.1, 0.15) is 14.5 Å². The summed E-state index contributed by atoms with van der Waals surface area (Å²) in [6, 6.07) is 9.55. The predicted octanol–water partition coefficient (Wildman–Crippen LogP) is 4.24. The minimum Gasteiger partial charge on any atom is -0.399 e. The quantitative estimate of drug-likeness (QED) is 0.681. The van der Waals surface area contributed by atoms with Crippen molar-refractivity contribution in [1.29, 1.82) is 0 Å². The molecule has 0 fully saturated rings. The molecule has 3 aromatic rings. The van der Waals surface area contributed by atoms with Crippen LogP contribution in [-0.4, -0.2) is 5.91 Å². The SMILES string of the molecule is Nc1ccc2sc(C(=O)NCc3sccc3Br)cc2c1. The number of halogens is 1. The van der Waals surface area contributed by atoms with E-state index in [1.165, 1.54) is 11.3 Å². The highest BCUT2D eigenvalue weighted by Crippen LogP contribution is 2.27. The Labute approximate surface area is 132 Å². The topological polar surface area (TPSA) is 55.1 Å². The Kier molecular flexibility index (Phi) is 3.78. The summed E-state index contributed by atoms with van der Waals surface area (Å²) in [6.07, 6.45) is 0. The minimum atomic E-state index is -0.0509. The molecule has 0 atom stereocenters. The Bertz CT molecular complexity index is 778. The monoisotopic (exact) mass is 366 g/mol. The molecule has 2 aromatic heterocycles. The number of nitrogens with one attached hydrogen (secondary N) is 1. The molecule has 1 amide bonds. The molecule has 0 unspecified atom stereocenters. The Morgan fingerprint density at radius 3 is 2.90 bits per heavy atom. The predicted molar refractivity (Wildman–Crippen MR) is 89.4 cm³/mol. The number of rotatable bonds is 3. The molecule has 0 spiro atoms. The largest absolute Gasteiger partial charge is 0.399 e. The lowest BCUT2D eigenvalue weighted by Gasteiger charge is -2.01. The molecule has 6 heteroatoms. The maximum absolute atomic E-state index is 12.2. The van der Waals surface area contributed by atoms with Crippen LogP contribution in [0.3, 0.4) is 0 Å². The highest BCUT2D eigenvalue weighted by atomic mass is 79.9. The van der Waals surface area contributed by atoms with Gasteiger partial charge in [-0.15, -0.1) is 22.7 Å². The summed E-state index contributed by atoms with van der Waals surface area (Å²) >= 11 is 6.56. The van der Waals surface area contributed by atoms with Crippen LogP contribution in [0, 0.1) is 0 Å². The van der Waals surface area contributed by atoms with Gasteiger partial charge in [0.25, 0.3) is 5.91 Å². The molecule has 0 saturated carbocycles. The number of nitrogens with two attached hydrogens (primary N) is 1. The summed E-state index contributed by atoms with van der Waals surface area (Å²) in [5.41, 5.74) is 6.46. The lowest BCUT2D eigenvalue weighted by molar-refractivity contribution is 0.0955. The first-order valence-electron chi connectivity index (χ1n) is 5.92. The summed E-state index contributed by atoms with van der Waals surface area (Å²) in [5.74, 6) is -0.0509. The summed E-state index contributed by atoms with van der Waals surface area (Å²) in [5, 5.41) is 5.94. The second kappa shape index (κ2) is 5.55. The van der Waals surface area contributed by atoms with Gasteiger partial charge in [-0.1, -0.05) is 0 Å². The maximum atomic E-state index is 12.2. The number of benzene rings is 1. The van der Waals surface area contributed by atoms with Crippen molar-refractivity contribution in [2.45, 2.75) is 6.54 Å². The second-order valence-corrected chi connectivity index (χ2v) is 7.22. The van der Waals surface area contributed by atoms with Crippen LogP contribution in [0.15, 0.2) is 40.2 Å². The zero-order valence-corrected chi connectivity index (χ0v) is 13.6. The molecule has 2 heterocycles. The Morgan fingerprint density at radius 1 is 1.30 bits per heavy atom. The number of carbonyl (C=O) groups excluding carboxylic acids is 1. The molecule has 0 aliphatic carbocycles. The molecule has 3 nitrogen and oxygen atoms in total. The molecule has 102 valence electrons. The van der Waals surface area contributed by atoms with E-state index in [2.05, 4.69) is 21.2 Å². The molecular weight excluding hydrogens is 356 g/mol. The van der Waals surface area contributed by atoms with Gasteiger partial charge < -0.3 is 11.1 Å². The number of nitrogen functional groups attached to an aromatic ring is 1. The van der Waals surface area contributed by atoms with Gasteiger partial charge in [-0.05, 0) is 57.0 Å². The second-order valence-electron chi connectivity index (χ2n) is 4.28. The molecule has 0 aliphatic heterocycles. The van der Waals surface area contributed by atoms with E-state index in [4.69, 9.17) is 5.73 Å². The lowest BCUT2D eigenvalue weighted by Crippen LogP contribution is -2.21. The molecule has 1 aromatic carbocycles. The van der Waals surface area contributed by atoms with Crippen LogP contribution in [0.2, 0.25) is 0 Å². The highest BCUT2D eigenvalue weighted by molar-refractivity contribution is 9.10. The molecule has 0 radical (unpaired) electrons. The normalized spacial score (nSPS) is 10.8. The standard InChI is InChI=1S/C14H11BrN2OS2/c15-10-3-4-19-13(10)7-17-14(18)12-6-8-5-9(16)1-2-11(8)20-12/h1-6H,7,16H2,(H,17,18). The lowest BCUT2D eigenvalue weighted by atomic mass is 10.2. The number of fused-ring (bicyclic) bond motifs is 1. The van der Waals surface area contributed by atoms with E-state index in [1.54, 1.807) is 11.3 Å². The smallest absolute Gasteiger partial charge is 0.261 e. The first-order valence-corrected chi connectivity index (χ1v) is 8.41. The van der Waals surface area contributed by atoms with Crippen molar-refractivity contribution >= 4 is 60.3 Å². The summed E-state index contributed by atoms with van der Waals surface area (Å²) < 4.78 is 2.11. The van der Waals surface area contributed by atoms with Gasteiger partial charge in [0.1, 0.15) is 0 Å². The van der Waals surface area contributed by atoms with E-state index in [9.17, 15) is 4.79 Å². The maximum Gasteiger partial charge on any atom is 0.261 e. The molecule has 3 rings (SSSR count). The third kappa shape index (κ3) is 2.72. The average Bonchev–Trinajstić information content (AvgIpc) is 3.01. The molecule has 20 heavy (non-hydrogen) atoms. The van der Waals surface area contributed by atoms with Crippen molar-refractivity contribution in [2.24, 2.45) is 0 Å². The molecule has 0 bridgehead atoms. The number of carbonyl (C=O) groups is 1. The zero-order valence-electron chi connectivity index (χ0n) is 10.4. The first-order chi connectivity index (χ1) is 9.63. The van der Waals surface area contributed by atoms with Gasteiger partial charge in [0, 0.05) is 19.7 Å². The Balaban J connectivity index is 1.77. The zero-order chi connectivity index (χ0) is 14.1. The first kappa shape index (κ1) is 13.6. The van der Waals surface area contributed by atoms with E-state index in [0.717, 1.165) is 19.4 Å². The summed E-state index contributed by atoms with van der Waals surface area (Å²) in [4.78, 5) is 14.0. The third-order valence-corrected chi connectivity index (χ3v) is 5.91. The minimum absolute atomic E-state index is 0.0509. The molecule has 3 N–H and O–H groups in total. The van der Waals surface area contributed by atoms with Crippen molar-refractivity contribution in [1.82, 2.24) is 5.32 Å². The fourth-order valence-corrected chi connectivity index (χ4v) is 4.26. The van der Waals surface area contributed by atoms with Crippen molar-refractivity contribution in [3.8, 4) is 0 Å². The van der Waals surface area contributed by atoms with Gasteiger partial charge in [-0.2, -0.15) is 0 Å². The van der Waals surface area contributed by atoms with Gasteiger partial charge in [0.2, 0.25) is 0 Å². The van der Waals surface area contributed by atoms with E-state index in [1.807, 2.05) is 35.7 Å². The van der Waals surface area contributed by atoms with Gasteiger partial charge in [-0.25, -0.2) is 0 Å².